The summed E-state index contributed by atoms with van der Waals surface area (Å²) in [5.74, 6) is -1.80. The van der Waals surface area contributed by atoms with E-state index in [2.05, 4.69) is 10.6 Å². The lowest BCUT2D eigenvalue weighted by molar-refractivity contribution is -0.137. The number of hydrogen-bond acceptors (Lipinski definition) is 12. The van der Waals surface area contributed by atoms with Crippen LogP contribution in [0.3, 0.4) is 0 Å². The molecule has 0 aliphatic carbocycles. The summed E-state index contributed by atoms with van der Waals surface area (Å²) in [6.45, 7) is 2.97. The van der Waals surface area contributed by atoms with Crippen molar-refractivity contribution < 1.29 is 57.5 Å². The Labute approximate surface area is 329 Å². The number of hydrogen-bond donors (Lipinski definition) is 3. The van der Waals surface area contributed by atoms with Gasteiger partial charge in [-0.15, -0.1) is 0 Å². The maximum absolute atomic E-state index is 12.6. The van der Waals surface area contributed by atoms with Gasteiger partial charge in [0.05, 0.1) is 14.2 Å². The van der Waals surface area contributed by atoms with Gasteiger partial charge in [-0.25, -0.2) is 19.2 Å². The molecule has 0 unspecified atom stereocenters. The van der Waals surface area contributed by atoms with Crippen LogP contribution < -0.4 is 29.6 Å². The summed E-state index contributed by atoms with van der Waals surface area (Å²) in [6, 6.07) is 25.3. The van der Waals surface area contributed by atoms with E-state index in [0.29, 0.717) is 11.1 Å². The summed E-state index contributed by atoms with van der Waals surface area (Å²) in [5.41, 5.74) is 2.66. The van der Waals surface area contributed by atoms with Crippen molar-refractivity contribution in [1.82, 2.24) is 10.6 Å². The predicted octanol–water partition coefficient (Wildman–Crippen LogP) is 6.88. The largest absolute Gasteiger partial charge is 0.508 e. The molecule has 0 fully saturated rings. The minimum Gasteiger partial charge on any atom is -0.508 e. The second kappa shape index (κ2) is 21.5. The molecule has 4 aromatic rings. The Morgan fingerprint density at radius 2 is 1.02 bits per heavy atom. The SMILES string of the molecule is COc1cc(/C=C/C(=O)/C=C(O)/C=C/c2ccc(OC(=O)[C@H](C)NC(=O)OCc3ccccc3)c(OC)c2)ccc1OC(=O)[C@H](C)NC(=O)OCc1ccccc1. The van der Waals surface area contributed by atoms with E-state index in [0.717, 1.165) is 17.2 Å². The van der Waals surface area contributed by atoms with Crippen molar-refractivity contribution in [3.63, 3.8) is 0 Å². The second-order valence-electron chi connectivity index (χ2n) is 12.2. The highest BCUT2D eigenvalue weighted by molar-refractivity contribution is 6.02. The highest BCUT2D eigenvalue weighted by Crippen LogP contribution is 2.30. The van der Waals surface area contributed by atoms with Gasteiger partial charge < -0.3 is 44.2 Å². The summed E-state index contributed by atoms with van der Waals surface area (Å²) < 4.78 is 31.8. The molecule has 4 aromatic carbocycles. The molecule has 296 valence electrons. The van der Waals surface area contributed by atoms with Crippen LogP contribution in [0.25, 0.3) is 12.2 Å². The molecule has 2 atom stereocenters. The van der Waals surface area contributed by atoms with Crippen LogP contribution in [-0.4, -0.2) is 61.3 Å². The van der Waals surface area contributed by atoms with Gasteiger partial charge in [0.15, 0.2) is 28.8 Å². The summed E-state index contributed by atoms with van der Waals surface area (Å²) in [4.78, 5) is 62.1. The molecule has 0 aliphatic heterocycles. The quantitative estimate of drug-likeness (QED) is 0.0332. The summed E-state index contributed by atoms with van der Waals surface area (Å²) >= 11 is 0. The Bertz CT molecular complexity index is 2110. The van der Waals surface area contributed by atoms with Crippen LogP contribution in [0.1, 0.15) is 36.1 Å². The number of amides is 2. The first-order valence-corrected chi connectivity index (χ1v) is 17.5. The second-order valence-corrected chi connectivity index (χ2v) is 12.2. The molecule has 4 rings (SSSR count). The van der Waals surface area contributed by atoms with Crippen molar-refractivity contribution in [1.29, 1.82) is 0 Å². The Kier molecular flexibility index (Phi) is 16.0. The molecule has 14 nitrogen and oxygen atoms in total. The number of ketones is 1. The number of rotatable bonds is 17. The Hall–Kier alpha value is -7.35. The van der Waals surface area contributed by atoms with E-state index in [1.54, 1.807) is 42.5 Å². The van der Waals surface area contributed by atoms with Crippen molar-refractivity contribution in [2.24, 2.45) is 0 Å². The van der Waals surface area contributed by atoms with E-state index >= 15 is 0 Å². The molecule has 0 aliphatic rings. The smallest absolute Gasteiger partial charge is 0.408 e. The number of esters is 2. The van der Waals surface area contributed by atoms with Crippen molar-refractivity contribution in [3.05, 3.63) is 143 Å². The number of benzene rings is 4. The number of alkyl carbamates (subject to hydrolysis) is 2. The molecular weight excluding hydrogens is 736 g/mol. The topological polar surface area (TPSA) is 185 Å². The number of carbonyl (C=O) groups is 5. The van der Waals surface area contributed by atoms with Crippen molar-refractivity contribution in [2.75, 3.05) is 14.2 Å². The third-order valence-electron chi connectivity index (χ3n) is 7.77. The average molecular weight is 779 g/mol. The normalized spacial score (nSPS) is 12.2. The van der Waals surface area contributed by atoms with Crippen LogP contribution >= 0.6 is 0 Å². The van der Waals surface area contributed by atoms with Gasteiger partial charge in [0, 0.05) is 6.08 Å². The zero-order chi connectivity index (χ0) is 41.2. The highest BCUT2D eigenvalue weighted by atomic mass is 16.6. The molecule has 0 heterocycles. The molecule has 0 saturated heterocycles. The third kappa shape index (κ3) is 14.1. The first-order valence-electron chi connectivity index (χ1n) is 17.5. The molecule has 3 N–H and O–H groups in total. The van der Waals surface area contributed by atoms with Gasteiger partial charge in [-0.05, 0) is 72.5 Å². The standard InChI is InChI=1S/C43H42N2O12/c1-28(44-42(50)54-26-32-11-7-5-8-12-32)40(48)56-36-21-17-30(23-38(36)52-3)15-19-34(46)25-35(47)20-16-31-18-22-37(39(24-31)53-4)57-41(49)29(2)45-43(51)55-27-33-13-9-6-10-14-33/h5-25,28-29,46H,26-27H2,1-4H3,(H,44,50)(H,45,51)/b19-15+,20-16+,34-25-/t28-,29-/m0/s1. The monoisotopic (exact) mass is 778 g/mol. The number of nitrogens with one attached hydrogen (secondary N) is 2. The zero-order valence-corrected chi connectivity index (χ0v) is 31.6. The van der Waals surface area contributed by atoms with Crippen LogP contribution in [0.4, 0.5) is 9.59 Å². The molecule has 0 saturated carbocycles. The van der Waals surface area contributed by atoms with Crippen LogP contribution in [0.5, 0.6) is 23.0 Å². The predicted molar refractivity (Wildman–Crippen MR) is 209 cm³/mol. The molecule has 0 spiro atoms. The van der Waals surface area contributed by atoms with E-state index in [-0.39, 0.29) is 42.0 Å². The minimum absolute atomic E-state index is 0.0381. The van der Waals surface area contributed by atoms with Gasteiger partial charge >= 0.3 is 24.1 Å². The average Bonchev–Trinajstić information content (AvgIpc) is 3.21. The Morgan fingerprint density at radius 1 is 0.596 bits per heavy atom. The van der Waals surface area contributed by atoms with Crippen LogP contribution in [0.2, 0.25) is 0 Å². The number of methoxy groups -OCH3 is 2. The van der Waals surface area contributed by atoms with Gasteiger partial charge in [0.2, 0.25) is 0 Å². The molecule has 57 heavy (non-hydrogen) atoms. The van der Waals surface area contributed by atoms with Gasteiger partial charge in [0.25, 0.3) is 0 Å². The lowest BCUT2D eigenvalue weighted by Crippen LogP contribution is -2.41. The maximum atomic E-state index is 12.6. The third-order valence-corrected chi connectivity index (χ3v) is 7.77. The highest BCUT2D eigenvalue weighted by Gasteiger charge is 2.22. The van der Waals surface area contributed by atoms with Crippen LogP contribution in [-0.2, 0) is 37.1 Å². The van der Waals surface area contributed by atoms with E-state index in [9.17, 15) is 29.1 Å². The summed E-state index contributed by atoms with van der Waals surface area (Å²) in [6.07, 6.45) is 4.95. The fourth-order valence-corrected chi connectivity index (χ4v) is 4.74. The minimum atomic E-state index is -1.03. The number of allylic oxidation sites excluding steroid dienone is 3. The van der Waals surface area contributed by atoms with Gasteiger partial charge in [-0.2, -0.15) is 0 Å². The first-order chi connectivity index (χ1) is 27.4. The van der Waals surface area contributed by atoms with E-state index in [4.69, 9.17) is 28.4 Å². The van der Waals surface area contributed by atoms with Gasteiger partial charge in [0.1, 0.15) is 31.1 Å². The molecule has 0 bridgehead atoms. The molecule has 14 heteroatoms. The molecule has 2 amide bonds. The fourth-order valence-electron chi connectivity index (χ4n) is 4.74. The Morgan fingerprint density at radius 3 is 1.44 bits per heavy atom. The van der Waals surface area contributed by atoms with Crippen molar-refractivity contribution >= 4 is 42.1 Å². The number of aliphatic hydroxyl groups excluding tert-OH is 1. The van der Waals surface area contributed by atoms with E-state index in [1.165, 1.54) is 70.6 Å². The number of ether oxygens (including phenoxy) is 6. The Balaban J connectivity index is 1.26. The van der Waals surface area contributed by atoms with Crippen LogP contribution in [0.15, 0.2) is 121 Å². The lowest BCUT2D eigenvalue weighted by Gasteiger charge is -2.15. The van der Waals surface area contributed by atoms with Gasteiger partial charge in [-0.1, -0.05) is 84.9 Å². The van der Waals surface area contributed by atoms with E-state index < -0.39 is 42.0 Å². The summed E-state index contributed by atoms with van der Waals surface area (Å²) in [5, 5.41) is 15.2. The maximum Gasteiger partial charge on any atom is 0.408 e. The van der Waals surface area contributed by atoms with E-state index in [1.807, 2.05) is 36.4 Å². The lowest BCUT2D eigenvalue weighted by atomic mass is 10.1. The number of carbonyl (C=O) groups excluding carboxylic acids is 5. The van der Waals surface area contributed by atoms with Crippen molar-refractivity contribution in [3.8, 4) is 23.0 Å². The molecular formula is C43H42N2O12. The fraction of sp³-hybridized carbons (Fsp3) is 0.186. The molecule has 0 radical (unpaired) electrons. The summed E-state index contributed by atoms with van der Waals surface area (Å²) in [7, 11) is 2.76. The van der Waals surface area contributed by atoms with Gasteiger partial charge in [-0.3, -0.25) is 4.79 Å². The zero-order valence-electron chi connectivity index (χ0n) is 31.6. The first kappa shape index (κ1) is 42.4. The van der Waals surface area contributed by atoms with Crippen molar-refractivity contribution in [2.45, 2.75) is 39.1 Å². The number of aliphatic hydroxyl groups is 1. The molecule has 0 aromatic heterocycles. The van der Waals surface area contributed by atoms with Crippen LogP contribution in [0, 0.1) is 0 Å².